The van der Waals surface area contributed by atoms with E-state index < -0.39 is 0 Å². The number of nitrogens with one attached hydrogen (secondary N) is 1. The van der Waals surface area contributed by atoms with Gasteiger partial charge >= 0.3 is 0 Å². The molecule has 1 aromatic rings. The Bertz CT molecular complexity index is 325. The van der Waals surface area contributed by atoms with Gasteiger partial charge in [-0.15, -0.1) is 0 Å². The van der Waals surface area contributed by atoms with E-state index in [-0.39, 0.29) is 5.60 Å². The molecule has 2 rings (SSSR count). The summed E-state index contributed by atoms with van der Waals surface area (Å²) >= 11 is 0. The molecule has 1 saturated carbocycles. The van der Waals surface area contributed by atoms with Gasteiger partial charge in [0, 0.05) is 39.1 Å². The molecule has 1 aliphatic rings. The van der Waals surface area contributed by atoms with Crippen LogP contribution < -0.4 is 5.32 Å². The van der Waals surface area contributed by atoms with Crippen molar-refractivity contribution in [3.8, 4) is 0 Å². The average Bonchev–Trinajstić information content (AvgIpc) is 2.62. The maximum absolute atomic E-state index is 5.55. The minimum absolute atomic E-state index is 0.129. The quantitative estimate of drug-likeness (QED) is 0.740. The first-order valence-corrected chi connectivity index (χ1v) is 5.99. The van der Waals surface area contributed by atoms with E-state index in [1.807, 2.05) is 26.4 Å². The van der Waals surface area contributed by atoms with Crippen LogP contribution >= 0.6 is 0 Å². The van der Waals surface area contributed by atoms with E-state index in [0.717, 1.165) is 25.5 Å². The summed E-state index contributed by atoms with van der Waals surface area (Å²) in [6.07, 6.45) is 7.56. The first-order valence-electron chi connectivity index (χ1n) is 5.99. The highest BCUT2D eigenvalue weighted by atomic mass is 16.5. The van der Waals surface area contributed by atoms with Gasteiger partial charge in [-0.05, 0) is 26.2 Å². The minimum atomic E-state index is 0.129. The molecular weight excluding hydrogens is 202 g/mol. The molecule has 1 aromatic heterocycles. The van der Waals surface area contributed by atoms with Crippen molar-refractivity contribution < 1.29 is 4.74 Å². The minimum Gasteiger partial charge on any atom is -0.377 e. The summed E-state index contributed by atoms with van der Waals surface area (Å²) in [5.74, 6) is 1.08. The van der Waals surface area contributed by atoms with Gasteiger partial charge < -0.3 is 14.6 Å². The van der Waals surface area contributed by atoms with Crippen molar-refractivity contribution in [2.45, 2.75) is 38.3 Å². The number of methoxy groups -OCH3 is 1. The Morgan fingerprint density at radius 2 is 2.38 bits per heavy atom. The van der Waals surface area contributed by atoms with Crippen molar-refractivity contribution in [2.75, 3.05) is 20.2 Å². The van der Waals surface area contributed by atoms with Crippen LogP contribution in [0.15, 0.2) is 12.4 Å². The van der Waals surface area contributed by atoms with Crippen molar-refractivity contribution in [1.82, 2.24) is 14.9 Å². The van der Waals surface area contributed by atoms with Crippen LogP contribution in [0.3, 0.4) is 0 Å². The van der Waals surface area contributed by atoms with Gasteiger partial charge in [0.25, 0.3) is 0 Å². The Morgan fingerprint density at radius 3 is 2.88 bits per heavy atom. The predicted octanol–water partition coefficient (Wildman–Crippen LogP) is 1.35. The third-order valence-electron chi connectivity index (χ3n) is 3.60. The second-order valence-corrected chi connectivity index (χ2v) is 4.59. The number of ether oxygens (including phenoxy) is 1. The van der Waals surface area contributed by atoms with E-state index in [4.69, 9.17) is 4.74 Å². The van der Waals surface area contributed by atoms with Gasteiger partial charge in [0.2, 0.25) is 0 Å². The molecule has 1 heterocycles. The number of hydrogen-bond donors (Lipinski definition) is 1. The summed E-state index contributed by atoms with van der Waals surface area (Å²) < 4.78 is 7.71. The lowest BCUT2D eigenvalue weighted by Crippen LogP contribution is -2.48. The van der Waals surface area contributed by atoms with Crippen molar-refractivity contribution in [3.05, 3.63) is 18.2 Å². The normalized spacial score (nSPS) is 18.4. The van der Waals surface area contributed by atoms with E-state index in [1.54, 1.807) is 0 Å². The van der Waals surface area contributed by atoms with Crippen LogP contribution in [0.1, 0.15) is 25.1 Å². The van der Waals surface area contributed by atoms with Crippen LogP contribution in [0.4, 0.5) is 0 Å². The maximum Gasteiger partial charge on any atom is 0.105 e. The summed E-state index contributed by atoms with van der Waals surface area (Å²) in [5.41, 5.74) is 0.129. The average molecular weight is 223 g/mol. The van der Waals surface area contributed by atoms with E-state index in [1.165, 1.54) is 19.3 Å². The predicted molar refractivity (Wildman–Crippen MR) is 63.4 cm³/mol. The third kappa shape index (κ3) is 2.44. The molecule has 90 valence electrons. The fourth-order valence-corrected chi connectivity index (χ4v) is 2.18. The smallest absolute Gasteiger partial charge is 0.105 e. The lowest BCUT2D eigenvalue weighted by atomic mass is 9.80. The molecule has 0 bridgehead atoms. The van der Waals surface area contributed by atoms with E-state index in [9.17, 15) is 0 Å². The molecule has 1 aliphatic carbocycles. The zero-order valence-electron chi connectivity index (χ0n) is 10.2. The molecule has 0 radical (unpaired) electrons. The van der Waals surface area contributed by atoms with Crippen molar-refractivity contribution >= 4 is 0 Å². The molecule has 0 aliphatic heterocycles. The zero-order valence-corrected chi connectivity index (χ0v) is 10.2. The van der Waals surface area contributed by atoms with E-state index in [2.05, 4.69) is 14.9 Å². The van der Waals surface area contributed by atoms with Crippen LogP contribution in [0, 0.1) is 6.92 Å². The molecule has 0 spiro atoms. The fourth-order valence-electron chi connectivity index (χ4n) is 2.18. The Labute approximate surface area is 97.0 Å². The van der Waals surface area contributed by atoms with Gasteiger partial charge in [-0.1, -0.05) is 0 Å². The maximum atomic E-state index is 5.55. The van der Waals surface area contributed by atoms with Crippen molar-refractivity contribution in [3.63, 3.8) is 0 Å². The monoisotopic (exact) mass is 223 g/mol. The van der Waals surface area contributed by atoms with Gasteiger partial charge in [0.15, 0.2) is 0 Å². The molecule has 1 fully saturated rings. The Balaban J connectivity index is 1.67. The lowest BCUT2D eigenvalue weighted by Gasteiger charge is -2.40. The lowest BCUT2D eigenvalue weighted by molar-refractivity contribution is -0.0692. The Hall–Kier alpha value is -0.870. The molecule has 0 saturated heterocycles. The van der Waals surface area contributed by atoms with Crippen LogP contribution in [-0.2, 0) is 11.3 Å². The molecule has 0 aromatic carbocycles. The highest BCUT2D eigenvalue weighted by Gasteiger charge is 2.36. The van der Waals surface area contributed by atoms with Crippen molar-refractivity contribution in [1.29, 1.82) is 0 Å². The molecule has 4 heteroatoms. The summed E-state index contributed by atoms with van der Waals surface area (Å²) in [6.45, 7) is 4.95. The standard InChI is InChI=1S/C12H21N3O/c1-11-14-7-9-15(11)8-6-13-10-12(16-2)4-3-5-12/h7,9,13H,3-6,8,10H2,1-2H3. The Kier molecular flexibility index (Phi) is 3.61. The van der Waals surface area contributed by atoms with Gasteiger partial charge in [-0.3, -0.25) is 0 Å². The molecular formula is C12H21N3O. The number of hydrogen-bond acceptors (Lipinski definition) is 3. The van der Waals surface area contributed by atoms with E-state index >= 15 is 0 Å². The first-order chi connectivity index (χ1) is 7.76. The SMILES string of the molecule is COC1(CNCCn2ccnc2C)CCC1. The van der Waals surface area contributed by atoms with Gasteiger partial charge in [0.05, 0.1) is 5.60 Å². The number of rotatable bonds is 6. The number of nitrogens with zero attached hydrogens (tertiary/aromatic N) is 2. The highest BCUT2D eigenvalue weighted by Crippen LogP contribution is 2.34. The molecule has 0 atom stereocenters. The molecule has 4 nitrogen and oxygen atoms in total. The van der Waals surface area contributed by atoms with Gasteiger partial charge in [-0.25, -0.2) is 4.98 Å². The molecule has 0 amide bonds. The van der Waals surface area contributed by atoms with Crippen LogP contribution in [0.25, 0.3) is 0 Å². The molecule has 0 unspecified atom stereocenters. The fraction of sp³-hybridized carbons (Fsp3) is 0.750. The van der Waals surface area contributed by atoms with Crippen LogP contribution in [0.5, 0.6) is 0 Å². The Morgan fingerprint density at radius 1 is 1.56 bits per heavy atom. The van der Waals surface area contributed by atoms with Gasteiger partial charge in [-0.2, -0.15) is 0 Å². The number of aromatic nitrogens is 2. The topological polar surface area (TPSA) is 39.1 Å². The van der Waals surface area contributed by atoms with Crippen molar-refractivity contribution in [2.24, 2.45) is 0 Å². The second-order valence-electron chi connectivity index (χ2n) is 4.59. The molecule has 1 N–H and O–H groups in total. The summed E-state index contributed by atoms with van der Waals surface area (Å²) in [4.78, 5) is 4.20. The first kappa shape index (κ1) is 11.6. The third-order valence-corrected chi connectivity index (χ3v) is 3.60. The zero-order chi connectivity index (χ0) is 11.4. The summed E-state index contributed by atoms with van der Waals surface area (Å²) in [6, 6.07) is 0. The van der Waals surface area contributed by atoms with Gasteiger partial charge in [0.1, 0.15) is 5.82 Å². The van der Waals surface area contributed by atoms with Crippen LogP contribution in [-0.4, -0.2) is 35.4 Å². The van der Waals surface area contributed by atoms with Crippen LogP contribution in [0.2, 0.25) is 0 Å². The summed E-state index contributed by atoms with van der Waals surface area (Å²) in [5, 5.41) is 3.47. The molecule has 16 heavy (non-hydrogen) atoms. The van der Waals surface area contributed by atoms with E-state index in [0.29, 0.717) is 0 Å². The highest BCUT2D eigenvalue weighted by molar-refractivity contribution is 4.92. The number of imidazole rings is 1. The summed E-state index contributed by atoms with van der Waals surface area (Å²) in [7, 11) is 1.82. The largest absolute Gasteiger partial charge is 0.377 e. The number of aryl methyl sites for hydroxylation is 1. The second kappa shape index (κ2) is 4.97.